The van der Waals surface area contributed by atoms with Gasteiger partial charge in [-0.2, -0.15) is 8.42 Å². The number of carbonyl (C=O) groups excluding carboxylic acids is 1. The number of nitrogens with one attached hydrogen (secondary N) is 1. The van der Waals surface area contributed by atoms with Crippen LogP contribution in [0.25, 0.3) is 11.1 Å². The highest BCUT2D eigenvalue weighted by atomic mass is 32.2. The molecule has 1 amide bonds. The van der Waals surface area contributed by atoms with E-state index in [1.807, 2.05) is 24.3 Å². The molecule has 0 spiro atoms. The van der Waals surface area contributed by atoms with Gasteiger partial charge in [0.2, 0.25) is 0 Å². The van der Waals surface area contributed by atoms with E-state index in [4.69, 9.17) is 15.5 Å². The number of amides is 1. The van der Waals surface area contributed by atoms with Crippen LogP contribution in [-0.2, 0) is 10.0 Å². The largest absolute Gasteiger partial charge is 0.490 e. The fourth-order valence-electron chi connectivity index (χ4n) is 5.71. The third kappa shape index (κ3) is 5.85. The predicted molar refractivity (Wildman–Crippen MR) is 151 cm³/mol. The number of anilines is 2. The summed E-state index contributed by atoms with van der Waals surface area (Å²) in [4.78, 5) is 24.3. The molecule has 5 rings (SSSR count). The minimum absolute atomic E-state index is 0.0437. The first-order chi connectivity index (χ1) is 18.5. The molecule has 1 atom stereocenters. The van der Waals surface area contributed by atoms with Gasteiger partial charge in [-0.3, -0.25) is 4.79 Å². The molecule has 3 heterocycles. The number of nitrogens with two attached hydrogens (primary N) is 1. The molecule has 10 heteroatoms. The molecule has 206 valence electrons. The summed E-state index contributed by atoms with van der Waals surface area (Å²) in [6, 6.07) is 13.7. The van der Waals surface area contributed by atoms with Crippen molar-refractivity contribution in [3.05, 3.63) is 60.3 Å². The number of pyridine rings is 2. The zero-order chi connectivity index (χ0) is 27.8. The van der Waals surface area contributed by atoms with E-state index in [2.05, 4.69) is 35.4 Å². The maximum Gasteiger partial charge on any atom is 0.281 e. The van der Waals surface area contributed by atoms with Gasteiger partial charge in [-0.15, -0.1) is 0 Å². The molecule has 0 radical (unpaired) electrons. The Morgan fingerprint density at radius 2 is 1.85 bits per heavy atom. The second-order valence-corrected chi connectivity index (χ2v) is 12.8. The second-order valence-electron chi connectivity index (χ2n) is 11.2. The van der Waals surface area contributed by atoms with Crippen molar-refractivity contribution < 1.29 is 17.9 Å². The number of carbonyl (C=O) groups is 1. The van der Waals surface area contributed by atoms with Crippen molar-refractivity contribution in [3.63, 3.8) is 0 Å². The van der Waals surface area contributed by atoms with Crippen LogP contribution in [0.3, 0.4) is 0 Å². The molecule has 1 aromatic carbocycles. The van der Waals surface area contributed by atoms with E-state index in [0.717, 1.165) is 30.6 Å². The number of aromatic nitrogens is 2. The smallest absolute Gasteiger partial charge is 0.281 e. The van der Waals surface area contributed by atoms with Gasteiger partial charge in [0, 0.05) is 23.8 Å². The minimum atomic E-state index is -4.26. The molecular weight excluding hydrogens is 514 g/mol. The number of ether oxygens (including phenoxy) is 1. The highest BCUT2D eigenvalue weighted by Crippen LogP contribution is 2.38. The molecule has 39 heavy (non-hydrogen) atoms. The monoisotopic (exact) mass is 549 g/mol. The van der Waals surface area contributed by atoms with Crippen molar-refractivity contribution in [2.45, 2.75) is 69.5 Å². The third-order valence-corrected chi connectivity index (χ3v) is 8.69. The lowest BCUT2D eigenvalue weighted by Crippen LogP contribution is -2.41. The van der Waals surface area contributed by atoms with Crippen LogP contribution < -0.4 is 20.1 Å². The highest BCUT2D eigenvalue weighted by molar-refractivity contribution is 7.90. The number of rotatable bonds is 7. The molecule has 2 aromatic heterocycles. The summed E-state index contributed by atoms with van der Waals surface area (Å²) in [6.07, 6.45) is 7.31. The van der Waals surface area contributed by atoms with Gasteiger partial charge in [0.1, 0.15) is 17.4 Å². The lowest BCUT2D eigenvalue weighted by Gasteiger charge is -2.33. The van der Waals surface area contributed by atoms with Gasteiger partial charge < -0.3 is 15.4 Å². The fourth-order valence-corrected chi connectivity index (χ4v) is 6.66. The molecule has 3 N–H and O–H groups in total. The third-order valence-electron chi connectivity index (χ3n) is 7.46. The maximum absolute atomic E-state index is 13.6. The number of sulfonamides is 1. The van der Waals surface area contributed by atoms with E-state index >= 15 is 0 Å². The highest BCUT2D eigenvalue weighted by Gasteiger charge is 2.39. The summed E-state index contributed by atoms with van der Waals surface area (Å²) in [7, 11) is -4.26. The van der Waals surface area contributed by atoms with Crippen LogP contribution in [0.2, 0.25) is 0 Å². The van der Waals surface area contributed by atoms with Crippen LogP contribution in [-0.4, -0.2) is 42.5 Å². The van der Waals surface area contributed by atoms with E-state index < -0.39 is 15.9 Å². The quantitative estimate of drug-likeness (QED) is 0.431. The first kappa shape index (κ1) is 26.9. The number of hydrogen-bond acceptors (Lipinski definition) is 8. The van der Waals surface area contributed by atoms with Gasteiger partial charge in [-0.1, -0.05) is 25.1 Å². The van der Waals surface area contributed by atoms with Gasteiger partial charge >= 0.3 is 0 Å². The van der Waals surface area contributed by atoms with Crippen LogP contribution in [0.4, 0.5) is 11.6 Å². The molecule has 2 aliphatic rings. The Labute approximate surface area is 229 Å². The maximum atomic E-state index is 13.6. The molecule has 1 unspecified atom stereocenters. The number of benzene rings is 1. The number of nitrogen functional groups attached to an aromatic ring is 1. The standard InChI is InChI=1S/C29H35N5O4S/c1-19-16-29(2,3)34(18-19)27-24(28(35)33-39(36,37)26-13-7-12-25(30)32-26)15-21(17-31-27)20-8-6-11-23(14-20)38-22-9-4-5-10-22/h6-8,11-15,17,19,22H,4-5,9-10,16,18H2,1-3H3,(H2,30,32)(H,33,35). The van der Waals surface area contributed by atoms with E-state index in [0.29, 0.717) is 23.8 Å². The van der Waals surface area contributed by atoms with Crippen LogP contribution in [0.15, 0.2) is 59.8 Å². The van der Waals surface area contributed by atoms with Crippen molar-refractivity contribution >= 4 is 27.6 Å². The zero-order valence-corrected chi connectivity index (χ0v) is 23.4. The van der Waals surface area contributed by atoms with Gasteiger partial charge in [0.25, 0.3) is 15.9 Å². The van der Waals surface area contributed by atoms with E-state index in [1.165, 1.54) is 31.0 Å². The molecule has 1 aliphatic carbocycles. The summed E-state index contributed by atoms with van der Waals surface area (Å²) >= 11 is 0. The summed E-state index contributed by atoms with van der Waals surface area (Å²) in [6.45, 7) is 7.06. The number of hydrogen-bond donors (Lipinski definition) is 2. The van der Waals surface area contributed by atoms with Gasteiger partial charge in [-0.25, -0.2) is 14.7 Å². The molecule has 2 fully saturated rings. The summed E-state index contributed by atoms with van der Waals surface area (Å²) in [5.74, 6) is 0.862. The van der Waals surface area contributed by atoms with Crippen LogP contribution in [0.1, 0.15) is 63.2 Å². The topological polar surface area (TPSA) is 128 Å². The Bertz CT molecular complexity index is 1480. The SMILES string of the molecule is CC1CN(c2ncc(-c3cccc(OC4CCCC4)c3)cc2C(=O)NS(=O)(=O)c2cccc(N)n2)C(C)(C)C1. The summed E-state index contributed by atoms with van der Waals surface area (Å²) < 4.78 is 34.4. The Morgan fingerprint density at radius 1 is 1.10 bits per heavy atom. The average Bonchev–Trinajstić information content (AvgIpc) is 3.49. The molecule has 1 saturated heterocycles. The first-order valence-electron chi connectivity index (χ1n) is 13.4. The van der Waals surface area contributed by atoms with E-state index in [-0.39, 0.29) is 28.1 Å². The van der Waals surface area contributed by atoms with Crippen LogP contribution in [0.5, 0.6) is 5.75 Å². The van der Waals surface area contributed by atoms with Crippen molar-refractivity contribution in [1.82, 2.24) is 14.7 Å². The van der Waals surface area contributed by atoms with Gasteiger partial charge in [-0.05, 0) is 87.8 Å². The molecular formula is C29H35N5O4S. The summed E-state index contributed by atoms with van der Waals surface area (Å²) in [5.41, 5.74) is 7.10. The summed E-state index contributed by atoms with van der Waals surface area (Å²) in [5, 5.41) is -0.326. The Balaban J connectivity index is 1.52. The van der Waals surface area contributed by atoms with Crippen molar-refractivity contribution in [3.8, 4) is 16.9 Å². The van der Waals surface area contributed by atoms with E-state index in [9.17, 15) is 13.2 Å². The molecule has 1 saturated carbocycles. The normalized spacial score (nSPS) is 19.3. The fraction of sp³-hybridized carbons (Fsp3) is 0.414. The first-order valence-corrected chi connectivity index (χ1v) is 14.8. The molecule has 9 nitrogen and oxygen atoms in total. The van der Waals surface area contributed by atoms with Gasteiger partial charge in [0.05, 0.1) is 11.7 Å². The lowest BCUT2D eigenvalue weighted by molar-refractivity contribution is 0.0981. The number of nitrogens with zero attached hydrogens (tertiary/aromatic N) is 3. The Hall–Kier alpha value is -3.66. The van der Waals surface area contributed by atoms with Crippen LogP contribution >= 0.6 is 0 Å². The van der Waals surface area contributed by atoms with Crippen molar-refractivity contribution in [1.29, 1.82) is 0 Å². The molecule has 3 aromatic rings. The van der Waals surface area contributed by atoms with E-state index in [1.54, 1.807) is 12.3 Å². The molecule has 1 aliphatic heterocycles. The second kappa shape index (κ2) is 10.5. The van der Waals surface area contributed by atoms with Crippen molar-refractivity contribution in [2.75, 3.05) is 17.2 Å². The molecule has 0 bridgehead atoms. The Kier molecular flexibility index (Phi) is 7.24. The predicted octanol–water partition coefficient (Wildman–Crippen LogP) is 4.79. The average molecular weight is 550 g/mol. The van der Waals surface area contributed by atoms with Crippen molar-refractivity contribution in [2.24, 2.45) is 5.92 Å². The minimum Gasteiger partial charge on any atom is -0.490 e. The Morgan fingerprint density at radius 3 is 2.54 bits per heavy atom. The zero-order valence-electron chi connectivity index (χ0n) is 22.6. The lowest BCUT2D eigenvalue weighted by atomic mass is 9.97. The van der Waals surface area contributed by atoms with Crippen LogP contribution in [0, 0.1) is 5.92 Å². The van der Waals surface area contributed by atoms with Gasteiger partial charge in [0.15, 0.2) is 5.03 Å².